The zero-order valence-electron chi connectivity index (χ0n) is 13.5. The number of nitrogens with zero attached hydrogens (tertiary/aromatic N) is 3. The molecule has 0 bridgehead atoms. The monoisotopic (exact) mass is 316 g/mol. The molecule has 0 aliphatic rings. The zero-order valence-corrected chi connectivity index (χ0v) is 13.5. The number of hydrogen-bond acceptors (Lipinski definition) is 4. The van der Waals surface area contributed by atoms with E-state index in [9.17, 15) is 9.59 Å². The number of hydrogen-bond donors (Lipinski definition) is 2. The molecule has 122 valence electrons. The van der Waals surface area contributed by atoms with E-state index in [1.807, 2.05) is 39.0 Å². The van der Waals surface area contributed by atoms with Gasteiger partial charge in [0.05, 0.1) is 5.69 Å². The Morgan fingerprint density at radius 1 is 1.26 bits per heavy atom. The van der Waals surface area contributed by atoms with Gasteiger partial charge < -0.3 is 10.4 Å². The maximum Gasteiger partial charge on any atom is 0.358 e. The van der Waals surface area contributed by atoms with Crippen LogP contribution in [0.25, 0.3) is 0 Å². The van der Waals surface area contributed by atoms with Crippen molar-refractivity contribution in [2.24, 2.45) is 0 Å². The van der Waals surface area contributed by atoms with Crippen LogP contribution < -0.4 is 5.32 Å². The minimum atomic E-state index is -1.13. The largest absolute Gasteiger partial charge is 0.476 e. The SMILES string of the molecule is CCCc1c(C(=O)O)nnn1CC(=O)Nc1c(C)cccc1C. The quantitative estimate of drug-likeness (QED) is 0.851. The normalized spacial score (nSPS) is 10.6. The molecular formula is C16H20N4O3. The van der Waals surface area contributed by atoms with Gasteiger partial charge >= 0.3 is 5.97 Å². The number of benzene rings is 1. The highest BCUT2D eigenvalue weighted by Gasteiger charge is 2.20. The Hall–Kier alpha value is -2.70. The number of carboxylic acids is 1. The number of amides is 1. The highest BCUT2D eigenvalue weighted by molar-refractivity contribution is 5.92. The summed E-state index contributed by atoms with van der Waals surface area (Å²) >= 11 is 0. The van der Waals surface area contributed by atoms with Crippen LogP contribution in [-0.4, -0.2) is 32.0 Å². The molecule has 0 spiro atoms. The van der Waals surface area contributed by atoms with Gasteiger partial charge in [-0.1, -0.05) is 36.8 Å². The Balaban J connectivity index is 2.19. The summed E-state index contributed by atoms with van der Waals surface area (Å²) in [4.78, 5) is 23.4. The number of carbonyl (C=O) groups excluding carboxylic acids is 1. The minimum absolute atomic E-state index is 0.0661. The van der Waals surface area contributed by atoms with Crippen molar-refractivity contribution in [2.45, 2.75) is 40.2 Å². The molecule has 1 amide bonds. The van der Waals surface area contributed by atoms with E-state index in [4.69, 9.17) is 5.11 Å². The molecule has 2 rings (SSSR count). The van der Waals surface area contributed by atoms with Crippen molar-refractivity contribution in [1.29, 1.82) is 0 Å². The molecule has 0 radical (unpaired) electrons. The Morgan fingerprint density at radius 2 is 1.91 bits per heavy atom. The number of aromatic carboxylic acids is 1. The van der Waals surface area contributed by atoms with E-state index < -0.39 is 5.97 Å². The first-order valence-electron chi connectivity index (χ1n) is 7.45. The van der Waals surface area contributed by atoms with Crippen LogP contribution in [0.15, 0.2) is 18.2 Å². The van der Waals surface area contributed by atoms with Gasteiger partial charge in [0.15, 0.2) is 5.69 Å². The molecule has 1 aromatic carbocycles. The van der Waals surface area contributed by atoms with E-state index in [1.165, 1.54) is 4.68 Å². The zero-order chi connectivity index (χ0) is 17.0. The van der Waals surface area contributed by atoms with Crippen LogP contribution in [0, 0.1) is 13.8 Å². The van der Waals surface area contributed by atoms with Crippen LogP contribution in [-0.2, 0) is 17.8 Å². The Kier molecular flexibility index (Phi) is 5.10. The highest BCUT2D eigenvalue weighted by Crippen LogP contribution is 2.19. The molecule has 0 atom stereocenters. The maximum absolute atomic E-state index is 12.3. The lowest BCUT2D eigenvalue weighted by molar-refractivity contribution is -0.117. The molecule has 7 heteroatoms. The maximum atomic E-state index is 12.3. The van der Waals surface area contributed by atoms with Crippen LogP contribution >= 0.6 is 0 Å². The van der Waals surface area contributed by atoms with Crippen molar-refractivity contribution < 1.29 is 14.7 Å². The third-order valence-corrected chi connectivity index (χ3v) is 3.57. The van der Waals surface area contributed by atoms with Gasteiger partial charge in [0.25, 0.3) is 0 Å². The molecule has 0 aliphatic heterocycles. The standard InChI is InChI=1S/C16H20N4O3/c1-4-6-12-15(16(22)23)18-19-20(12)9-13(21)17-14-10(2)7-5-8-11(14)3/h5,7-8H,4,6,9H2,1-3H3,(H,17,21)(H,22,23). The van der Waals surface area contributed by atoms with E-state index in [1.54, 1.807) is 0 Å². The first kappa shape index (κ1) is 16.7. The van der Waals surface area contributed by atoms with Gasteiger partial charge in [-0.2, -0.15) is 0 Å². The van der Waals surface area contributed by atoms with Crippen molar-refractivity contribution in [3.8, 4) is 0 Å². The second-order valence-electron chi connectivity index (χ2n) is 5.41. The molecule has 0 fully saturated rings. The Morgan fingerprint density at radius 3 is 2.48 bits per heavy atom. The number of nitrogens with one attached hydrogen (secondary N) is 1. The topological polar surface area (TPSA) is 97.1 Å². The molecule has 0 saturated carbocycles. The number of rotatable bonds is 6. The molecule has 0 aliphatic carbocycles. The summed E-state index contributed by atoms with van der Waals surface area (Å²) in [5.74, 6) is -1.39. The summed E-state index contributed by atoms with van der Waals surface area (Å²) in [5.41, 5.74) is 3.09. The fraction of sp³-hybridized carbons (Fsp3) is 0.375. The summed E-state index contributed by atoms with van der Waals surface area (Å²) in [7, 11) is 0. The van der Waals surface area contributed by atoms with Crippen LogP contribution in [0.3, 0.4) is 0 Å². The number of carboxylic acid groups (broad SMARTS) is 1. The number of aryl methyl sites for hydroxylation is 2. The van der Waals surface area contributed by atoms with Gasteiger partial charge in [-0.15, -0.1) is 5.10 Å². The fourth-order valence-corrected chi connectivity index (χ4v) is 2.44. The third-order valence-electron chi connectivity index (χ3n) is 3.57. The summed E-state index contributed by atoms with van der Waals surface area (Å²) in [6, 6.07) is 5.77. The molecule has 2 aromatic rings. The Labute approximate surface area is 134 Å². The summed E-state index contributed by atoms with van der Waals surface area (Å²) in [6.45, 7) is 5.70. The third kappa shape index (κ3) is 3.74. The molecule has 0 unspecified atom stereocenters. The first-order valence-corrected chi connectivity index (χ1v) is 7.45. The fourth-order valence-electron chi connectivity index (χ4n) is 2.44. The predicted molar refractivity (Wildman–Crippen MR) is 85.5 cm³/mol. The van der Waals surface area contributed by atoms with Gasteiger partial charge in [-0.25, -0.2) is 9.48 Å². The van der Waals surface area contributed by atoms with E-state index in [2.05, 4.69) is 15.6 Å². The van der Waals surface area contributed by atoms with Crippen molar-refractivity contribution in [1.82, 2.24) is 15.0 Å². The van der Waals surface area contributed by atoms with Crippen molar-refractivity contribution in [3.63, 3.8) is 0 Å². The first-order chi connectivity index (χ1) is 10.9. The van der Waals surface area contributed by atoms with Crippen molar-refractivity contribution in [3.05, 3.63) is 40.7 Å². The van der Waals surface area contributed by atoms with Gasteiger partial charge in [0, 0.05) is 5.69 Å². The molecule has 1 heterocycles. The van der Waals surface area contributed by atoms with E-state index in [-0.39, 0.29) is 18.1 Å². The lowest BCUT2D eigenvalue weighted by Crippen LogP contribution is -2.22. The second kappa shape index (κ2) is 7.04. The second-order valence-corrected chi connectivity index (χ2v) is 5.41. The summed E-state index contributed by atoms with van der Waals surface area (Å²) in [5, 5.41) is 19.5. The van der Waals surface area contributed by atoms with Crippen molar-refractivity contribution in [2.75, 3.05) is 5.32 Å². The predicted octanol–water partition coefficient (Wildman–Crippen LogP) is 2.18. The van der Waals surface area contributed by atoms with E-state index in [0.717, 1.165) is 23.2 Å². The molecule has 23 heavy (non-hydrogen) atoms. The number of para-hydroxylation sites is 1. The van der Waals surface area contributed by atoms with Crippen LogP contribution in [0.5, 0.6) is 0 Å². The number of anilines is 1. The highest BCUT2D eigenvalue weighted by atomic mass is 16.4. The van der Waals surface area contributed by atoms with Crippen molar-refractivity contribution >= 4 is 17.6 Å². The number of carbonyl (C=O) groups is 2. The summed E-state index contributed by atoms with van der Waals surface area (Å²) < 4.78 is 1.36. The van der Waals surface area contributed by atoms with Gasteiger partial charge in [-0.05, 0) is 31.4 Å². The smallest absolute Gasteiger partial charge is 0.358 e. The van der Waals surface area contributed by atoms with Crippen LogP contribution in [0.2, 0.25) is 0 Å². The van der Waals surface area contributed by atoms with Crippen LogP contribution in [0.4, 0.5) is 5.69 Å². The molecule has 7 nitrogen and oxygen atoms in total. The minimum Gasteiger partial charge on any atom is -0.476 e. The summed E-state index contributed by atoms with van der Waals surface area (Å²) in [6.07, 6.45) is 1.25. The molecule has 1 aromatic heterocycles. The van der Waals surface area contributed by atoms with Gasteiger partial charge in [-0.3, -0.25) is 4.79 Å². The lowest BCUT2D eigenvalue weighted by atomic mass is 10.1. The van der Waals surface area contributed by atoms with Gasteiger partial charge in [0.1, 0.15) is 6.54 Å². The average molecular weight is 316 g/mol. The molecular weight excluding hydrogens is 296 g/mol. The Bertz CT molecular complexity index is 717. The molecule has 2 N–H and O–H groups in total. The molecule has 0 saturated heterocycles. The average Bonchev–Trinajstić information content (AvgIpc) is 2.86. The van der Waals surface area contributed by atoms with Gasteiger partial charge in [0.2, 0.25) is 5.91 Å². The van der Waals surface area contributed by atoms with Crippen LogP contribution in [0.1, 0.15) is 40.7 Å². The number of aromatic nitrogens is 3. The van der Waals surface area contributed by atoms with E-state index in [0.29, 0.717) is 12.1 Å². The van der Waals surface area contributed by atoms with E-state index >= 15 is 0 Å². The lowest BCUT2D eigenvalue weighted by Gasteiger charge is -2.12.